The fraction of sp³-hybridized carbons (Fsp3) is 0.147. The Kier molecular flexibility index (Phi) is 5.26. The molecule has 4 nitrogen and oxygen atoms in total. The molecule has 1 aliphatic carbocycles. The highest BCUT2D eigenvalue weighted by Gasteiger charge is 2.71. The lowest BCUT2D eigenvalue weighted by Crippen LogP contribution is -2.48. The van der Waals surface area contributed by atoms with Crippen LogP contribution in [0.3, 0.4) is 0 Å². The lowest BCUT2D eigenvalue weighted by atomic mass is 9.64. The van der Waals surface area contributed by atoms with Crippen molar-refractivity contribution in [1.29, 1.82) is 0 Å². The van der Waals surface area contributed by atoms with Gasteiger partial charge in [-0.1, -0.05) is 96.0 Å². The van der Waals surface area contributed by atoms with Crippen LogP contribution in [-0.4, -0.2) is 29.4 Å². The van der Waals surface area contributed by atoms with Gasteiger partial charge in [-0.05, 0) is 48.4 Å². The zero-order valence-electron chi connectivity index (χ0n) is 21.2. The maximum Gasteiger partial charge on any atom is 0.185 e. The molecular formula is C34H24ClNO3. The first-order valence-corrected chi connectivity index (χ1v) is 13.4. The Balaban J connectivity index is 1.54. The molecule has 3 atom stereocenters. The number of hydrogen-bond acceptors (Lipinski definition) is 4. The topological polar surface area (TPSA) is 54.5 Å². The third-order valence-electron chi connectivity index (χ3n) is 8.55. The summed E-state index contributed by atoms with van der Waals surface area (Å²) < 4.78 is 0. The second-order valence-electron chi connectivity index (χ2n) is 10.5. The number of ketones is 3. The summed E-state index contributed by atoms with van der Waals surface area (Å²) in [7, 11) is 0. The molecule has 0 amide bonds. The molecule has 1 saturated heterocycles. The Morgan fingerprint density at radius 2 is 1.41 bits per heavy atom. The Labute approximate surface area is 231 Å². The number of carbonyl (C=O) groups excluding carboxylic acids is 3. The Morgan fingerprint density at radius 3 is 2.08 bits per heavy atom. The third-order valence-corrected chi connectivity index (χ3v) is 8.80. The Bertz CT molecular complexity index is 1670. The molecule has 39 heavy (non-hydrogen) atoms. The summed E-state index contributed by atoms with van der Waals surface area (Å²) in [5.74, 6) is -1.31. The van der Waals surface area contributed by atoms with Gasteiger partial charge in [-0.2, -0.15) is 0 Å². The maximum absolute atomic E-state index is 14.6. The smallest absolute Gasteiger partial charge is 0.185 e. The van der Waals surface area contributed by atoms with Gasteiger partial charge in [0.15, 0.2) is 17.3 Å². The number of carbonyl (C=O) groups is 3. The van der Waals surface area contributed by atoms with E-state index in [2.05, 4.69) is 0 Å². The molecule has 0 aromatic heterocycles. The molecule has 0 bridgehead atoms. The van der Waals surface area contributed by atoms with Gasteiger partial charge in [0, 0.05) is 33.3 Å². The lowest BCUT2D eigenvalue weighted by molar-refractivity contribution is 0.0666. The minimum atomic E-state index is -1.49. The highest BCUT2D eigenvalue weighted by molar-refractivity contribution is 6.32. The van der Waals surface area contributed by atoms with Crippen LogP contribution in [0.25, 0.3) is 6.08 Å². The number of anilines is 1. The third kappa shape index (κ3) is 3.22. The van der Waals surface area contributed by atoms with E-state index in [1.54, 1.807) is 48.5 Å². The van der Waals surface area contributed by atoms with E-state index in [4.69, 9.17) is 11.6 Å². The fourth-order valence-electron chi connectivity index (χ4n) is 6.85. The van der Waals surface area contributed by atoms with E-state index in [9.17, 15) is 14.4 Å². The highest BCUT2D eigenvalue weighted by atomic mass is 35.5. The van der Waals surface area contributed by atoms with Crippen LogP contribution in [0.1, 0.15) is 53.7 Å². The summed E-state index contributed by atoms with van der Waals surface area (Å²) in [6, 6.07) is 28.2. The van der Waals surface area contributed by atoms with Gasteiger partial charge in [0.05, 0.1) is 6.04 Å². The highest BCUT2D eigenvalue weighted by Crippen LogP contribution is 2.60. The monoisotopic (exact) mass is 529 g/mol. The van der Waals surface area contributed by atoms with E-state index in [1.807, 2.05) is 72.5 Å². The molecule has 190 valence electrons. The van der Waals surface area contributed by atoms with Gasteiger partial charge in [-0.25, -0.2) is 0 Å². The van der Waals surface area contributed by atoms with E-state index in [1.165, 1.54) is 0 Å². The predicted molar refractivity (Wildman–Crippen MR) is 153 cm³/mol. The van der Waals surface area contributed by atoms with Gasteiger partial charge in [0.1, 0.15) is 11.5 Å². The van der Waals surface area contributed by atoms with Crippen molar-refractivity contribution in [3.05, 3.63) is 142 Å². The molecule has 1 fully saturated rings. The van der Waals surface area contributed by atoms with E-state index < -0.39 is 23.4 Å². The molecular weight excluding hydrogens is 506 g/mol. The van der Waals surface area contributed by atoms with Gasteiger partial charge in [-0.15, -0.1) is 0 Å². The van der Waals surface area contributed by atoms with E-state index >= 15 is 0 Å². The average Bonchev–Trinajstić information content (AvgIpc) is 3.40. The molecule has 0 radical (unpaired) electrons. The van der Waals surface area contributed by atoms with Crippen molar-refractivity contribution in [1.82, 2.24) is 0 Å². The summed E-state index contributed by atoms with van der Waals surface area (Å²) in [5.41, 5.74) is 3.47. The van der Waals surface area contributed by atoms with Crippen molar-refractivity contribution in [2.75, 3.05) is 4.90 Å². The van der Waals surface area contributed by atoms with E-state index in [0.717, 1.165) is 22.4 Å². The summed E-state index contributed by atoms with van der Waals surface area (Å²) in [4.78, 5) is 45.8. The molecule has 0 saturated carbocycles. The molecule has 1 spiro atoms. The Morgan fingerprint density at radius 1 is 0.795 bits per heavy atom. The molecule has 2 heterocycles. The van der Waals surface area contributed by atoms with Gasteiger partial charge < -0.3 is 4.90 Å². The quantitative estimate of drug-likeness (QED) is 0.212. The second kappa shape index (κ2) is 8.62. The number of fused-ring (bicyclic) bond motifs is 5. The number of para-hydroxylation sites is 1. The van der Waals surface area contributed by atoms with Gasteiger partial charge >= 0.3 is 0 Å². The molecule has 2 aliphatic heterocycles. The molecule has 3 aliphatic rings. The van der Waals surface area contributed by atoms with Gasteiger partial charge in [0.2, 0.25) is 0 Å². The minimum absolute atomic E-state index is 0.152. The first-order chi connectivity index (χ1) is 18.9. The van der Waals surface area contributed by atoms with Crippen molar-refractivity contribution < 1.29 is 14.4 Å². The molecule has 4 aromatic carbocycles. The van der Waals surface area contributed by atoms with Crippen LogP contribution in [0.5, 0.6) is 0 Å². The van der Waals surface area contributed by atoms with Crippen LogP contribution in [-0.2, 0) is 0 Å². The number of hydrogen-bond donors (Lipinski definition) is 0. The van der Waals surface area contributed by atoms with E-state index in [-0.39, 0.29) is 17.3 Å². The molecule has 0 N–H and O–H groups in total. The zero-order chi connectivity index (χ0) is 26.9. The van der Waals surface area contributed by atoms with E-state index in [0.29, 0.717) is 21.7 Å². The Hall–Kier alpha value is -4.28. The van der Waals surface area contributed by atoms with Crippen LogP contribution in [0.4, 0.5) is 5.69 Å². The summed E-state index contributed by atoms with van der Waals surface area (Å²) in [6.07, 6.45) is 3.92. The van der Waals surface area contributed by atoms with Crippen LogP contribution >= 0.6 is 11.6 Å². The van der Waals surface area contributed by atoms with Crippen molar-refractivity contribution >= 4 is 40.7 Å². The van der Waals surface area contributed by atoms with Gasteiger partial charge in [-0.3, -0.25) is 14.4 Å². The number of rotatable bonds is 3. The largest absolute Gasteiger partial charge is 0.352 e. The van der Waals surface area contributed by atoms with Gasteiger partial charge in [0.25, 0.3) is 0 Å². The average molecular weight is 530 g/mol. The number of benzene rings is 4. The van der Waals surface area contributed by atoms with Crippen LogP contribution in [0, 0.1) is 12.3 Å². The lowest BCUT2D eigenvalue weighted by Gasteiger charge is -2.37. The molecule has 4 aromatic rings. The first kappa shape index (κ1) is 23.8. The minimum Gasteiger partial charge on any atom is -0.352 e. The molecule has 5 heteroatoms. The fourth-order valence-corrected chi connectivity index (χ4v) is 6.98. The summed E-state index contributed by atoms with van der Waals surface area (Å²) in [6.45, 7) is 1.99. The van der Waals surface area contributed by atoms with Crippen molar-refractivity contribution in [2.24, 2.45) is 5.41 Å². The van der Waals surface area contributed by atoms with Crippen molar-refractivity contribution in [3.8, 4) is 0 Å². The summed E-state index contributed by atoms with van der Waals surface area (Å²) in [5, 5.41) is 0.533. The standard InChI is InChI=1S/C34H24ClNO3/c1-20-10-12-22(13-11-20)29-30(31(37)23-14-17-24(35)18-15-23)36-27-9-5-2-6-21(27)16-19-28(36)34(29)32(38)25-7-3-4-8-26(25)33(34)39/h2-19,28-30H,1H3/t28-,29+,30-/m1/s1. The SMILES string of the molecule is Cc1ccc([C@H]2[C@H](C(=O)c3ccc(Cl)cc3)N3c4ccccc4C=C[C@@H]3C23C(=O)c2ccccc2C3=O)cc1. The second-order valence-corrected chi connectivity index (χ2v) is 11.0. The maximum atomic E-state index is 14.6. The summed E-state index contributed by atoms with van der Waals surface area (Å²) >= 11 is 6.16. The predicted octanol–water partition coefficient (Wildman–Crippen LogP) is 6.96. The van der Waals surface area contributed by atoms with Crippen LogP contribution in [0.2, 0.25) is 5.02 Å². The number of Topliss-reactive ketones (excluding diaryl/α,β-unsaturated/α-hetero) is 3. The number of aryl methyl sites for hydroxylation is 1. The van der Waals surface area contributed by atoms with Crippen molar-refractivity contribution in [3.63, 3.8) is 0 Å². The number of halogens is 1. The normalized spacial score (nSPS) is 22.1. The molecule has 7 rings (SSSR count). The van der Waals surface area contributed by atoms with Crippen LogP contribution < -0.4 is 4.90 Å². The first-order valence-electron chi connectivity index (χ1n) is 13.0. The zero-order valence-corrected chi connectivity index (χ0v) is 21.9. The van der Waals surface area contributed by atoms with Crippen molar-refractivity contribution in [2.45, 2.75) is 24.9 Å². The van der Waals surface area contributed by atoms with Crippen LogP contribution in [0.15, 0.2) is 103 Å². The number of nitrogens with zero attached hydrogens (tertiary/aromatic N) is 1. The molecule has 0 unspecified atom stereocenters.